The molecule has 0 spiro atoms. The zero-order chi connectivity index (χ0) is 15.2. The summed E-state index contributed by atoms with van der Waals surface area (Å²) < 4.78 is 5.90. The largest absolute Gasteiger partial charge is 0.376 e. The van der Waals surface area contributed by atoms with Crippen LogP contribution in [0, 0.1) is 0 Å². The van der Waals surface area contributed by atoms with Crippen molar-refractivity contribution < 1.29 is 4.74 Å². The number of anilines is 1. The van der Waals surface area contributed by atoms with E-state index in [1.54, 1.807) is 0 Å². The Bertz CT molecular complexity index is 450. The molecule has 0 aliphatic carbocycles. The van der Waals surface area contributed by atoms with Crippen molar-refractivity contribution in [1.29, 1.82) is 0 Å². The maximum Gasteiger partial charge on any atom is 0.0750 e. The Morgan fingerprint density at radius 3 is 2.95 bits per heavy atom. The minimum atomic E-state index is 0.161. The van der Waals surface area contributed by atoms with Crippen LogP contribution in [0.2, 0.25) is 5.02 Å². The lowest BCUT2D eigenvalue weighted by atomic mass is 10.0. The second-order valence-electron chi connectivity index (χ2n) is 6.05. The van der Waals surface area contributed by atoms with Crippen LogP contribution in [0.1, 0.15) is 38.7 Å². The summed E-state index contributed by atoms with van der Waals surface area (Å²) in [6.45, 7) is 7.00. The van der Waals surface area contributed by atoms with Gasteiger partial charge in [-0.15, -0.1) is 0 Å². The first kappa shape index (κ1) is 16.6. The van der Waals surface area contributed by atoms with Crippen LogP contribution in [0.15, 0.2) is 18.2 Å². The highest BCUT2D eigenvalue weighted by Gasteiger charge is 2.22. The molecule has 1 heterocycles. The van der Waals surface area contributed by atoms with Crippen LogP contribution in [0.25, 0.3) is 0 Å². The van der Waals surface area contributed by atoms with E-state index in [1.807, 2.05) is 6.92 Å². The van der Waals surface area contributed by atoms with Crippen LogP contribution in [0.4, 0.5) is 5.69 Å². The molecular formula is C17H27ClN2O. The van der Waals surface area contributed by atoms with Gasteiger partial charge in [0.05, 0.1) is 16.8 Å². The number of benzene rings is 1. The molecule has 4 heteroatoms. The van der Waals surface area contributed by atoms with E-state index in [-0.39, 0.29) is 6.04 Å². The first-order valence-corrected chi connectivity index (χ1v) is 8.38. The Labute approximate surface area is 133 Å². The van der Waals surface area contributed by atoms with Crippen molar-refractivity contribution >= 4 is 17.3 Å². The Kier molecular flexibility index (Phi) is 6.34. The number of nitrogens with two attached hydrogens (primary N) is 1. The summed E-state index contributed by atoms with van der Waals surface area (Å²) in [6, 6.07) is 6.48. The second kappa shape index (κ2) is 8.02. The van der Waals surface area contributed by atoms with Crippen molar-refractivity contribution in [3.8, 4) is 0 Å². The second-order valence-corrected chi connectivity index (χ2v) is 6.46. The molecule has 0 radical (unpaired) electrons. The molecule has 3 nitrogen and oxygen atoms in total. The van der Waals surface area contributed by atoms with Crippen LogP contribution in [0.5, 0.6) is 0 Å². The van der Waals surface area contributed by atoms with E-state index in [0.717, 1.165) is 56.1 Å². The van der Waals surface area contributed by atoms with Gasteiger partial charge in [0.1, 0.15) is 0 Å². The Morgan fingerprint density at radius 1 is 1.48 bits per heavy atom. The van der Waals surface area contributed by atoms with Crippen LogP contribution in [-0.4, -0.2) is 31.8 Å². The van der Waals surface area contributed by atoms with Gasteiger partial charge >= 0.3 is 0 Å². The predicted octanol–water partition coefficient (Wildman–Crippen LogP) is 3.63. The third-order valence-electron chi connectivity index (χ3n) is 3.85. The van der Waals surface area contributed by atoms with Crippen LogP contribution in [0.3, 0.4) is 0 Å². The molecule has 1 saturated heterocycles. The highest BCUT2D eigenvalue weighted by Crippen LogP contribution is 2.30. The molecular weight excluding hydrogens is 284 g/mol. The third-order valence-corrected chi connectivity index (χ3v) is 4.15. The van der Waals surface area contributed by atoms with Gasteiger partial charge in [-0.1, -0.05) is 24.6 Å². The maximum atomic E-state index is 6.47. The van der Waals surface area contributed by atoms with Gasteiger partial charge in [0, 0.05) is 25.7 Å². The van der Waals surface area contributed by atoms with Crippen molar-refractivity contribution in [3.63, 3.8) is 0 Å². The van der Waals surface area contributed by atoms with Gasteiger partial charge in [-0.2, -0.15) is 0 Å². The quantitative estimate of drug-likeness (QED) is 0.872. The average Bonchev–Trinajstić information content (AvgIpc) is 2.45. The number of hydrogen-bond donors (Lipinski definition) is 1. The van der Waals surface area contributed by atoms with Gasteiger partial charge in [-0.05, 0) is 50.3 Å². The molecule has 1 aromatic carbocycles. The fourth-order valence-electron chi connectivity index (χ4n) is 2.88. The van der Waals surface area contributed by atoms with E-state index in [0.29, 0.717) is 6.10 Å². The summed E-state index contributed by atoms with van der Waals surface area (Å²) in [5.74, 6) is 0. The molecule has 0 aromatic heterocycles. The summed E-state index contributed by atoms with van der Waals surface area (Å²) in [7, 11) is 0. The van der Waals surface area contributed by atoms with Gasteiger partial charge in [0.15, 0.2) is 0 Å². The highest BCUT2D eigenvalue weighted by atomic mass is 35.5. The molecule has 1 aliphatic rings. The van der Waals surface area contributed by atoms with Gasteiger partial charge in [-0.25, -0.2) is 0 Å². The number of piperidine rings is 1. The number of rotatable bonds is 6. The molecule has 2 unspecified atom stereocenters. The van der Waals surface area contributed by atoms with Crippen molar-refractivity contribution in [3.05, 3.63) is 28.8 Å². The molecule has 0 amide bonds. The molecule has 2 N–H and O–H groups in total. The van der Waals surface area contributed by atoms with Crippen molar-refractivity contribution in [2.75, 3.05) is 24.6 Å². The number of hydrogen-bond acceptors (Lipinski definition) is 3. The van der Waals surface area contributed by atoms with Crippen LogP contribution >= 0.6 is 11.6 Å². The van der Waals surface area contributed by atoms with Crippen molar-refractivity contribution in [2.24, 2.45) is 5.73 Å². The van der Waals surface area contributed by atoms with Gasteiger partial charge in [0.25, 0.3) is 0 Å². The van der Waals surface area contributed by atoms with Crippen molar-refractivity contribution in [1.82, 2.24) is 0 Å². The molecule has 21 heavy (non-hydrogen) atoms. The first-order valence-electron chi connectivity index (χ1n) is 8.00. The molecule has 2 atom stereocenters. The monoisotopic (exact) mass is 310 g/mol. The minimum Gasteiger partial charge on any atom is -0.376 e. The minimum absolute atomic E-state index is 0.161. The summed E-state index contributed by atoms with van der Waals surface area (Å²) in [5.41, 5.74) is 8.17. The fraction of sp³-hybridized carbons (Fsp3) is 0.647. The van der Waals surface area contributed by atoms with E-state index < -0.39 is 0 Å². The summed E-state index contributed by atoms with van der Waals surface area (Å²) in [5, 5.41) is 0.823. The van der Waals surface area contributed by atoms with Crippen molar-refractivity contribution in [2.45, 2.75) is 51.7 Å². The summed E-state index contributed by atoms with van der Waals surface area (Å²) >= 11 is 6.47. The zero-order valence-electron chi connectivity index (χ0n) is 13.1. The molecule has 0 saturated carbocycles. The standard InChI is InChI=1S/C17H27ClN2O/c1-3-9-21-15-5-4-8-20(12-15)17-7-6-14(10-13(2)19)11-16(17)18/h6-7,11,13,15H,3-5,8-10,12,19H2,1-2H3. The molecule has 0 bridgehead atoms. The van der Waals surface area contributed by atoms with Crippen LogP contribution in [-0.2, 0) is 11.2 Å². The molecule has 118 valence electrons. The normalized spacial score (nSPS) is 20.6. The lowest BCUT2D eigenvalue weighted by molar-refractivity contribution is 0.0440. The highest BCUT2D eigenvalue weighted by molar-refractivity contribution is 6.33. The third kappa shape index (κ3) is 4.87. The van der Waals surface area contributed by atoms with E-state index in [2.05, 4.69) is 30.0 Å². The van der Waals surface area contributed by atoms with Crippen LogP contribution < -0.4 is 10.6 Å². The summed E-state index contributed by atoms with van der Waals surface area (Å²) in [4.78, 5) is 2.35. The van der Waals surface area contributed by atoms with E-state index in [9.17, 15) is 0 Å². The Morgan fingerprint density at radius 2 is 2.29 bits per heavy atom. The predicted molar refractivity (Wildman–Crippen MR) is 90.3 cm³/mol. The number of ether oxygens (including phenoxy) is 1. The average molecular weight is 311 g/mol. The van der Waals surface area contributed by atoms with E-state index >= 15 is 0 Å². The summed E-state index contributed by atoms with van der Waals surface area (Å²) in [6.07, 6.45) is 4.58. The lowest BCUT2D eigenvalue weighted by Gasteiger charge is -2.35. The van der Waals surface area contributed by atoms with Gasteiger partial charge in [0.2, 0.25) is 0 Å². The Balaban J connectivity index is 2.03. The SMILES string of the molecule is CCCOC1CCCN(c2ccc(CC(C)N)cc2Cl)C1. The van der Waals surface area contributed by atoms with Gasteiger partial charge in [-0.3, -0.25) is 0 Å². The number of nitrogens with zero attached hydrogens (tertiary/aromatic N) is 1. The zero-order valence-corrected chi connectivity index (χ0v) is 13.9. The lowest BCUT2D eigenvalue weighted by Crippen LogP contribution is -2.40. The van der Waals surface area contributed by atoms with E-state index in [1.165, 1.54) is 5.56 Å². The van der Waals surface area contributed by atoms with Gasteiger partial charge < -0.3 is 15.4 Å². The Hall–Kier alpha value is -0.770. The first-order chi connectivity index (χ1) is 10.1. The molecule has 1 aromatic rings. The smallest absolute Gasteiger partial charge is 0.0750 e. The molecule has 1 aliphatic heterocycles. The molecule has 1 fully saturated rings. The number of halogens is 1. The molecule has 2 rings (SSSR count). The topological polar surface area (TPSA) is 38.5 Å². The maximum absolute atomic E-state index is 6.47. The van der Waals surface area contributed by atoms with E-state index in [4.69, 9.17) is 22.1 Å². The fourth-order valence-corrected chi connectivity index (χ4v) is 3.21.